The zero-order chi connectivity index (χ0) is 20.0. The van der Waals surface area contributed by atoms with E-state index in [0.717, 1.165) is 29.0 Å². The second kappa shape index (κ2) is 10.7. The first-order valence-corrected chi connectivity index (χ1v) is 8.83. The average molecular weight is 513 g/mol. The van der Waals surface area contributed by atoms with Crippen LogP contribution in [0.2, 0.25) is 0 Å². The largest absolute Gasteiger partial charge is 0.435 e. The maximum atomic E-state index is 13.0. The lowest BCUT2D eigenvalue weighted by Gasteiger charge is -2.12. The topological polar surface area (TPSA) is 72.1 Å². The van der Waals surface area contributed by atoms with Crippen molar-refractivity contribution in [2.45, 2.75) is 46.5 Å². The third kappa shape index (κ3) is 6.99. The summed E-state index contributed by atoms with van der Waals surface area (Å²) in [6, 6.07) is 2.02. The summed E-state index contributed by atoms with van der Waals surface area (Å²) in [6.07, 6.45) is -2.33. The summed E-state index contributed by atoms with van der Waals surface area (Å²) in [5.41, 5.74) is 1.23. The van der Waals surface area contributed by atoms with Crippen LogP contribution < -0.4 is 10.6 Å². The monoisotopic (exact) mass is 513 g/mol. The van der Waals surface area contributed by atoms with Gasteiger partial charge in [-0.3, -0.25) is 9.36 Å². The first-order valence-electron chi connectivity index (χ1n) is 8.83. The lowest BCUT2D eigenvalue weighted by molar-refractivity contribution is -0.142. The molecule has 2 rings (SSSR count). The first kappa shape index (κ1) is 24.2. The number of nitrogens with zero attached hydrogens (tertiary/aromatic N) is 5. The van der Waals surface area contributed by atoms with Crippen LogP contribution in [0.3, 0.4) is 0 Å². The second-order valence-corrected chi connectivity index (χ2v) is 6.30. The Hall–Kier alpha value is -1.79. The number of aryl methyl sites for hydroxylation is 4. The van der Waals surface area contributed by atoms with E-state index < -0.39 is 11.9 Å². The number of rotatable bonds is 7. The number of hydrogen-bond donors (Lipinski definition) is 2. The molecule has 0 atom stereocenters. The molecule has 11 heteroatoms. The van der Waals surface area contributed by atoms with Crippen molar-refractivity contribution in [2.24, 2.45) is 12.0 Å². The molecule has 2 aromatic rings. The molecule has 0 aliphatic heterocycles. The van der Waals surface area contributed by atoms with E-state index in [9.17, 15) is 13.2 Å². The summed E-state index contributed by atoms with van der Waals surface area (Å²) < 4.78 is 42.1. The van der Waals surface area contributed by atoms with Crippen LogP contribution in [-0.2, 0) is 26.3 Å². The van der Waals surface area contributed by atoms with Gasteiger partial charge in [-0.25, -0.2) is 4.99 Å². The molecule has 0 aliphatic carbocycles. The molecule has 0 unspecified atom stereocenters. The summed E-state index contributed by atoms with van der Waals surface area (Å²) in [4.78, 5) is 4.26. The third-order valence-electron chi connectivity index (χ3n) is 3.87. The standard InChI is InChI=1S/C17H26F3N7.HI/c1-5-21-16(22-7-6-8-27-13(3)9-12(2)24-27)23-10-14-11-26(4)25-15(14)17(18,19)20;/h9,11H,5-8,10H2,1-4H3,(H2,21,22,23);1H. The molecule has 0 aliphatic rings. The van der Waals surface area contributed by atoms with E-state index in [4.69, 9.17) is 0 Å². The minimum absolute atomic E-state index is 0. The normalized spacial score (nSPS) is 12.0. The van der Waals surface area contributed by atoms with E-state index in [1.807, 2.05) is 31.5 Å². The lowest BCUT2D eigenvalue weighted by Crippen LogP contribution is -2.38. The van der Waals surface area contributed by atoms with Gasteiger partial charge in [0.15, 0.2) is 11.7 Å². The van der Waals surface area contributed by atoms with Crippen LogP contribution in [0.5, 0.6) is 0 Å². The number of aliphatic imine (C=N–C) groups is 1. The van der Waals surface area contributed by atoms with Crippen molar-refractivity contribution in [3.05, 3.63) is 34.9 Å². The number of nitrogens with one attached hydrogen (secondary N) is 2. The number of alkyl halides is 3. The predicted octanol–water partition coefficient (Wildman–Crippen LogP) is 3.02. The van der Waals surface area contributed by atoms with Gasteiger partial charge in [0.25, 0.3) is 0 Å². The molecule has 0 aromatic carbocycles. The number of aromatic nitrogens is 4. The van der Waals surface area contributed by atoms with Crippen molar-refractivity contribution in [3.8, 4) is 0 Å². The van der Waals surface area contributed by atoms with Crippen molar-refractivity contribution in [1.29, 1.82) is 0 Å². The van der Waals surface area contributed by atoms with E-state index in [1.165, 1.54) is 13.2 Å². The molecule has 0 amide bonds. The highest BCUT2D eigenvalue weighted by atomic mass is 127. The van der Waals surface area contributed by atoms with Gasteiger partial charge in [-0.2, -0.15) is 23.4 Å². The number of guanidine groups is 1. The minimum Gasteiger partial charge on any atom is -0.357 e. The third-order valence-corrected chi connectivity index (χ3v) is 3.87. The zero-order valence-corrected chi connectivity index (χ0v) is 18.8. The molecule has 0 saturated heterocycles. The summed E-state index contributed by atoms with van der Waals surface area (Å²) in [5, 5.41) is 14.1. The van der Waals surface area contributed by atoms with Gasteiger partial charge < -0.3 is 10.6 Å². The van der Waals surface area contributed by atoms with Crippen LogP contribution in [0, 0.1) is 13.8 Å². The van der Waals surface area contributed by atoms with Crippen molar-refractivity contribution in [1.82, 2.24) is 30.2 Å². The Kier molecular flexibility index (Phi) is 9.24. The van der Waals surface area contributed by atoms with Crippen LogP contribution >= 0.6 is 24.0 Å². The molecular formula is C17H27F3IN7. The fourth-order valence-electron chi connectivity index (χ4n) is 2.73. The van der Waals surface area contributed by atoms with Crippen LogP contribution in [0.1, 0.15) is 36.0 Å². The van der Waals surface area contributed by atoms with Crippen LogP contribution in [0.4, 0.5) is 13.2 Å². The highest BCUT2D eigenvalue weighted by molar-refractivity contribution is 14.0. The van der Waals surface area contributed by atoms with E-state index in [1.54, 1.807) is 0 Å². The minimum atomic E-state index is -4.49. The SMILES string of the molecule is CCNC(=NCc1cn(C)nc1C(F)(F)F)NCCCn1nc(C)cc1C.I. The summed E-state index contributed by atoms with van der Waals surface area (Å²) in [6.45, 7) is 7.75. The molecule has 0 saturated carbocycles. The maximum absolute atomic E-state index is 13.0. The Morgan fingerprint density at radius 3 is 2.50 bits per heavy atom. The molecule has 158 valence electrons. The number of halogens is 4. The van der Waals surface area contributed by atoms with Gasteiger partial charge >= 0.3 is 6.18 Å². The van der Waals surface area contributed by atoms with Gasteiger partial charge in [0, 0.05) is 44.1 Å². The van der Waals surface area contributed by atoms with Gasteiger partial charge in [0.1, 0.15) is 0 Å². The fraction of sp³-hybridized carbons (Fsp3) is 0.588. The Morgan fingerprint density at radius 2 is 1.93 bits per heavy atom. The van der Waals surface area contributed by atoms with E-state index in [0.29, 0.717) is 19.0 Å². The smallest absolute Gasteiger partial charge is 0.357 e. The molecule has 0 spiro atoms. The molecule has 2 N–H and O–H groups in total. The molecule has 2 aromatic heterocycles. The van der Waals surface area contributed by atoms with E-state index in [-0.39, 0.29) is 36.1 Å². The van der Waals surface area contributed by atoms with Crippen LogP contribution in [0.25, 0.3) is 0 Å². The highest BCUT2D eigenvalue weighted by Crippen LogP contribution is 2.30. The molecule has 0 fully saturated rings. The molecule has 0 radical (unpaired) electrons. The summed E-state index contributed by atoms with van der Waals surface area (Å²) in [7, 11) is 1.46. The van der Waals surface area contributed by atoms with Crippen LogP contribution in [0.15, 0.2) is 17.3 Å². The van der Waals surface area contributed by atoms with Gasteiger partial charge in [-0.1, -0.05) is 0 Å². The molecular weight excluding hydrogens is 486 g/mol. The predicted molar refractivity (Wildman–Crippen MR) is 113 cm³/mol. The summed E-state index contributed by atoms with van der Waals surface area (Å²) >= 11 is 0. The molecule has 0 bridgehead atoms. The fourth-order valence-corrected chi connectivity index (χ4v) is 2.73. The van der Waals surface area contributed by atoms with Crippen molar-refractivity contribution < 1.29 is 13.2 Å². The Bertz CT molecular complexity index is 780. The summed E-state index contributed by atoms with van der Waals surface area (Å²) in [5.74, 6) is 0.475. The lowest BCUT2D eigenvalue weighted by atomic mass is 10.2. The average Bonchev–Trinajstić information content (AvgIpc) is 3.10. The van der Waals surface area contributed by atoms with Crippen LogP contribution in [-0.4, -0.2) is 38.6 Å². The first-order chi connectivity index (χ1) is 12.7. The van der Waals surface area contributed by atoms with Gasteiger partial charge in [-0.15, -0.1) is 24.0 Å². The highest BCUT2D eigenvalue weighted by Gasteiger charge is 2.36. The maximum Gasteiger partial charge on any atom is 0.435 e. The van der Waals surface area contributed by atoms with E-state index in [2.05, 4.69) is 25.8 Å². The van der Waals surface area contributed by atoms with Crippen molar-refractivity contribution in [2.75, 3.05) is 13.1 Å². The Balaban J connectivity index is 0.00000392. The van der Waals surface area contributed by atoms with Crippen molar-refractivity contribution >= 4 is 29.9 Å². The van der Waals surface area contributed by atoms with Crippen molar-refractivity contribution in [3.63, 3.8) is 0 Å². The Morgan fingerprint density at radius 1 is 1.21 bits per heavy atom. The quantitative estimate of drug-likeness (QED) is 0.259. The molecule has 2 heterocycles. The van der Waals surface area contributed by atoms with Gasteiger partial charge in [-0.05, 0) is 33.3 Å². The van der Waals surface area contributed by atoms with Gasteiger partial charge in [0.2, 0.25) is 0 Å². The molecule has 28 heavy (non-hydrogen) atoms. The second-order valence-electron chi connectivity index (χ2n) is 6.30. The number of hydrogen-bond acceptors (Lipinski definition) is 3. The Labute approximate surface area is 179 Å². The van der Waals surface area contributed by atoms with E-state index >= 15 is 0 Å². The molecule has 7 nitrogen and oxygen atoms in total. The zero-order valence-electron chi connectivity index (χ0n) is 16.5. The van der Waals surface area contributed by atoms with Gasteiger partial charge in [0.05, 0.1) is 12.2 Å².